The number of anilines is 1. The summed E-state index contributed by atoms with van der Waals surface area (Å²) in [6.07, 6.45) is 2.68. The van der Waals surface area contributed by atoms with Crippen LogP contribution < -0.4 is 20.7 Å². The maximum atomic E-state index is 12.3. The number of pyridine rings is 1. The van der Waals surface area contributed by atoms with Gasteiger partial charge in [-0.05, 0) is 43.1 Å². The molecule has 1 aliphatic rings. The Morgan fingerprint density at radius 1 is 1.46 bits per heavy atom. The molecule has 0 saturated carbocycles. The quantitative estimate of drug-likeness (QED) is 0.788. The third-order valence-electron chi connectivity index (χ3n) is 4.06. The summed E-state index contributed by atoms with van der Waals surface area (Å²) in [4.78, 5) is 16.5. The van der Waals surface area contributed by atoms with Crippen molar-refractivity contribution in [2.45, 2.75) is 25.3 Å². The van der Waals surface area contributed by atoms with E-state index in [1.54, 1.807) is 7.11 Å². The number of ether oxygens (including phenoxy) is 1. The van der Waals surface area contributed by atoms with E-state index < -0.39 is 0 Å². The lowest BCUT2D eigenvalue weighted by Crippen LogP contribution is -2.49. The largest absolute Gasteiger partial charge is 0.481 e. The number of hydrogen-bond acceptors (Lipinski definition) is 6. The number of hydrogen-bond donors (Lipinski definition) is 3. The molecule has 2 aromatic rings. The Bertz CT molecular complexity index is 688. The van der Waals surface area contributed by atoms with Gasteiger partial charge in [-0.25, -0.2) is 9.78 Å². The van der Waals surface area contributed by atoms with Crippen molar-refractivity contribution in [2.75, 3.05) is 25.5 Å². The van der Waals surface area contributed by atoms with Crippen molar-refractivity contribution in [1.29, 1.82) is 0 Å². The van der Waals surface area contributed by atoms with Crippen molar-refractivity contribution in [3.63, 3.8) is 0 Å². The van der Waals surface area contributed by atoms with Gasteiger partial charge in [0.05, 0.1) is 12.8 Å². The van der Waals surface area contributed by atoms with Crippen LogP contribution in [0.25, 0.3) is 0 Å². The van der Waals surface area contributed by atoms with Crippen LogP contribution in [0.15, 0.2) is 24.4 Å². The van der Waals surface area contributed by atoms with Crippen molar-refractivity contribution < 1.29 is 9.53 Å². The molecule has 3 rings (SSSR count). The van der Waals surface area contributed by atoms with Crippen LogP contribution in [0.5, 0.6) is 5.88 Å². The number of amides is 2. The summed E-state index contributed by atoms with van der Waals surface area (Å²) in [5, 5.41) is 10.1. The second kappa shape index (κ2) is 7.59. The highest BCUT2D eigenvalue weighted by Gasteiger charge is 2.28. The summed E-state index contributed by atoms with van der Waals surface area (Å²) in [7, 11) is 1.60. The summed E-state index contributed by atoms with van der Waals surface area (Å²) >= 11 is 1.28. The lowest BCUT2D eigenvalue weighted by atomic mass is 9.88. The molecule has 0 aliphatic carbocycles. The van der Waals surface area contributed by atoms with Crippen molar-refractivity contribution >= 4 is 22.6 Å². The van der Waals surface area contributed by atoms with Crippen LogP contribution in [0.3, 0.4) is 0 Å². The Morgan fingerprint density at radius 3 is 3.00 bits per heavy atom. The Hall–Kier alpha value is -2.19. The summed E-state index contributed by atoms with van der Waals surface area (Å²) in [5.74, 6) is 0.761. The predicted molar refractivity (Wildman–Crippen MR) is 93.8 cm³/mol. The lowest BCUT2D eigenvalue weighted by Gasteiger charge is -2.33. The zero-order chi connectivity index (χ0) is 16.9. The van der Waals surface area contributed by atoms with Crippen molar-refractivity contribution in [3.05, 3.63) is 35.7 Å². The maximum Gasteiger partial charge on any atom is 0.320 e. The van der Waals surface area contributed by atoms with Gasteiger partial charge in [0, 0.05) is 30.8 Å². The van der Waals surface area contributed by atoms with Crippen LogP contribution in [-0.4, -0.2) is 41.6 Å². The molecule has 1 aliphatic heterocycles. The van der Waals surface area contributed by atoms with Gasteiger partial charge in [-0.2, -0.15) is 4.37 Å². The fourth-order valence-electron chi connectivity index (χ4n) is 2.85. The number of rotatable bonds is 4. The van der Waals surface area contributed by atoms with Crippen LogP contribution in [0, 0.1) is 6.92 Å². The van der Waals surface area contributed by atoms with Gasteiger partial charge in [0.15, 0.2) is 0 Å². The molecular weight excluding hydrogens is 326 g/mol. The fraction of sp³-hybridized carbons (Fsp3) is 0.438. The molecular formula is C16H21N5O2S. The van der Waals surface area contributed by atoms with E-state index >= 15 is 0 Å². The fourth-order valence-corrected chi connectivity index (χ4v) is 3.51. The van der Waals surface area contributed by atoms with Crippen LogP contribution in [0.1, 0.15) is 23.6 Å². The number of urea groups is 1. The molecule has 2 amide bonds. The van der Waals surface area contributed by atoms with Crippen LogP contribution in [0.4, 0.5) is 9.80 Å². The molecule has 128 valence electrons. The normalized spacial score (nSPS) is 20.4. The molecule has 0 radical (unpaired) electrons. The molecule has 0 aromatic carbocycles. The van der Waals surface area contributed by atoms with Crippen LogP contribution in [-0.2, 0) is 0 Å². The minimum absolute atomic E-state index is 0.0514. The Balaban J connectivity index is 1.66. The SMILES string of the molecule is COc1ccc([C@@H]2CNCC[C@H]2NC(=O)Nc2cc(C)ns2)cn1. The van der Waals surface area contributed by atoms with E-state index in [1.807, 2.05) is 31.3 Å². The smallest absolute Gasteiger partial charge is 0.320 e. The second-order valence-corrected chi connectivity index (χ2v) is 6.58. The number of nitrogens with zero attached hydrogens (tertiary/aromatic N) is 2. The number of nitrogens with one attached hydrogen (secondary N) is 3. The highest BCUT2D eigenvalue weighted by Crippen LogP contribution is 2.25. The molecule has 8 heteroatoms. The van der Waals surface area contributed by atoms with E-state index in [2.05, 4.69) is 25.3 Å². The topological polar surface area (TPSA) is 88.2 Å². The molecule has 2 atom stereocenters. The van der Waals surface area contributed by atoms with Crippen molar-refractivity contribution in [3.8, 4) is 5.88 Å². The van der Waals surface area contributed by atoms with Gasteiger partial charge in [0.1, 0.15) is 5.00 Å². The molecule has 7 nitrogen and oxygen atoms in total. The summed E-state index contributed by atoms with van der Waals surface area (Å²) in [6.45, 7) is 3.59. The van der Waals surface area contributed by atoms with Gasteiger partial charge in [0.25, 0.3) is 0 Å². The molecule has 2 aromatic heterocycles. The first-order valence-electron chi connectivity index (χ1n) is 7.87. The van der Waals surface area contributed by atoms with Crippen molar-refractivity contribution in [2.24, 2.45) is 0 Å². The molecule has 24 heavy (non-hydrogen) atoms. The van der Waals surface area contributed by atoms with E-state index in [4.69, 9.17) is 4.74 Å². The number of carbonyl (C=O) groups is 1. The molecule has 3 heterocycles. The van der Waals surface area contributed by atoms with Gasteiger partial charge < -0.3 is 15.4 Å². The third kappa shape index (κ3) is 4.01. The Morgan fingerprint density at radius 2 is 2.33 bits per heavy atom. The first kappa shape index (κ1) is 16.7. The van der Waals surface area contributed by atoms with Gasteiger partial charge in [0.2, 0.25) is 5.88 Å². The van der Waals surface area contributed by atoms with Crippen molar-refractivity contribution in [1.82, 2.24) is 20.0 Å². The standard InChI is InChI=1S/C16H21N5O2S/c1-10-7-15(24-21-10)20-16(22)19-13-5-6-17-9-12(13)11-3-4-14(23-2)18-8-11/h3-4,7-8,12-13,17H,5-6,9H2,1-2H3,(H2,19,20,22)/t12-,13+/m0/s1. The van der Waals surface area contributed by atoms with E-state index in [9.17, 15) is 4.79 Å². The summed E-state index contributed by atoms with van der Waals surface area (Å²) in [6, 6.07) is 5.56. The maximum absolute atomic E-state index is 12.3. The van der Waals surface area contributed by atoms with E-state index in [-0.39, 0.29) is 18.0 Å². The monoisotopic (exact) mass is 347 g/mol. The lowest BCUT2D eigenvalue weighted by molar-refractivity contribution is 0.242. The number of methoxy groups -OCH3 is 1. The number of carbonyl (C=O) groups excluding carboxylic acids is 1. The van der Waals surface area contributed by atoms with E-state index in [0.717, 1.165) is 35.8 Å². The van der Waals surface area contributed by atoms with E-state index in [1.165, 1.54) is 11.5 Å². The molecule has 0 bridgehead atoms. The predicted octanol–water partition coefficient (Wildman–Crippen LogP) is 2.12. The van der Waals surface area contributed by atoms with Gasteiger partial charge in [-0.1, -0.05) is 6.07 Å². The Kier molecular flexibility index (Phi) is 5.27. The van der Waals surface area contributed by atoms with Gasteiger partial charge >= 0.3 is 6.03 Å². The molecule has 0 spiro atoms. The van der Waals surface area contributed by atoms with Crippen LogP contribution >= 0.6 is 11.5 Å². The minimum Gasteiger partial charge on any atom is -0.481 e. The van der Waals surface area contributed by atoms with Gasteiger partial charge in [-0.3, -0.25) is 5.32 Å². The molecule has 0 unspecified atom stereocenters. The third-order valence-corrected chi connectivity index (χ3v) is 4.86. The van der Waals surface area contributed by atoms with Crippen LogP contribution in [0.2, 0.25) is 0 Å². The van der Waals surface area contributed by atoms with E-state index in [0.29, 0.717) is 5.88 Å². The Labute approximate surface area is 145 Å². The summed E-state index contributed by atoms with van der Waals surface area (Å²) < 4.78 is 9.27. The molecule has 1 saturated heterocycles. The highest BCUT2D eigenvalue weighted by molar-refractivity contribution is 7.10. The molecule has 3 N–H and O–H groups in total. The first-order chi connectivity index (χ1) is 11.7. The second-order valence-electron chi connectivity index (χ2n) is 5.77. The zero-order valence-corrected chi connectivity index (χ0v) is 14.5. The average Bonchev–Trinajstić information content (AvgIpc) is 3.00. The van der Waals surface area contributed by atoms with Gasteiger partial charge in [-0.15, -0.1) is 0 Å². The zero-order valence-electron chi connectivity index (χ0n) is 13.7. The minimum atomic E-state index is -0.197. The number of aromatic nitrogens is 2. The summed E-state index contributed by atoms with van der Waals surface area (Å²) in [5.41, 5.74) is 1.99. The number of aryl methyl sites for hydroxylation is 1. The average molecular weight is 347 g/mol. The highest BCUT2D eigenvalue weighted by atomic mass is 32.1. The first-order valence-corrected chi connectivity index (χ1v) is 8.64. The molecule has 1 fully saturated rings. The number of piperidine rings is 1.